The summed E-state index contributed by atoms with van der Waals surface area (Å²) < 4.78 is 10.9. The Kier molecular flexibility index (Phi) is 4.27. The number of hydrogen-bond acceptors (Lipinski definition) is 5. The Morgan fingerprint density at radius 2 is 2.00 bits per heavy atom. The normalized spacial score (nSPS) is 27.2. The quantitative estimate of drug-likeness (QED) is 0.829. The minimum Gasteiger partial charge on any atom is -0.364 e. The summed E-state index contributed by atoms with van der Waals surface area (Å²) in [5, 5.41) is 3.88. The lowest BCUT2D eigenvalue weighted by Crippen LogP contribution is -2.55. The molecule has 0 bridgehead atoms. The van der Waals surface area contributed by atoms with E-state index >= 15 is 0 Å². The lowest BCUT2D eigenvalue weighted by molar-refractivity contribution is -0.153. The molecule has 0 spiro atoms. The Balaban J connectivity index is 1.50. The van der Waals surface area contributed by atoms with Gasteiger partial charge >= 0.3 is 0 Å². The number of carbonyl (C=O) groups excluding carboxylic acids is 2. The number of carbonyl (C=O) groups is 2. The second-order valence-corrected chi connectivity index (χ2v) is 7.52. The Labute approximate surface area is 147 Å². The highest BCUT2D eigenvalue weighted by molar-refractivity contribution is 5.96. The molecule has 1 aromatic heterocycles. The van der Waals surface area contributed by atoms with Crippen LogP contribution in [0, 0.1) is 19.8 Å². The highest BCUT2D eigenvalue weighted by Gasteiger charge is 2.45. The molecule has 0 aromatic carbocycles. The number of amides is 2. The third-order valence-corrected chi connectivity index (χ3v) is 5.84. The predicted octanol–water partition coefficient (Wildman–Crippen LogP) is 1.53. The zero-order valence-electron chi connectivity index (χ0n) is 14.9. The third kappa shape index (κ3) is 2.94. The van der Waals surface area contributed by atoms with Gasteiger partial charge in [0, 0.05) is 19.6 Å². The van der Waals surface area contributed by atoms with Crippen LogP contribution in [-0.2, 0) is 9.53 Å². The molecular weight excluding hydrogens is 322 g/mol. The second kappa shape index (κ2) is 6.44. The van der Waals surface area contributed by atoms with E-state index in [0.717, 1.165) is 6.54 Å². The molecule has 1 aromatic rings. The summed E-state index contributed by atoms with van der Waals surface area (Å²) in [5.41, 5.74) is 1.14. The topological polar surface area (TPSA) is 75.9 Å². The number of aromatic nitrogens is 1. The average molecular weight is 347 g/mol. The molecule has 0 radical (unpaired) electrons. The molecule has 25 heavy (non-hydrogen) atoms. The van der Waals surface area contributed by atoms with Gasteiger partial charge in [0.1, 0.15) is 17.9 Å². The summed E-state index contributed by atoms with van der Waals surface area (Å²) in [5.74, 6) is 1.11. The monoisotopic (exact) mass is 347 g/mol. The van der Waals surface area contributed by atoms with Gasteiger partial charge < -0.3 is 19.1 Å². The molecule has 1 aliphatic carbocycles. The van der Waals surface area contributed by atoms with Gasteiger partial charge in [-0.15, -0.1) is 0 Å². The van der Waals surface area contributed by atoms with Gasteiger partial charge in [-0.3, -0.25) is 9.59 Å². The van der Waals surface area contributed by atoms with Crippen molar-refractivity contribution in [2.75, 3.05) is 26.2 Å². The second-order valence-electron chi connectivity index (χ2n) is 7.52. The standard InChI is InChI=1S/C18H25N3O4/c1-11-17(12(2)25-19-11)18(23)20-8-14-15(9-20)24-10-16(22)21(14)7-13-5-3-4-6-13/h13-15H,3-10H2,1-2H3/t14-,15-/m1/s1. The maximum Gasteiger partial charge on any atom is 0.259 e. The van der Waals surface area contributed by atoms with Gasteiger partial charge in [-0.2, -0.15) is 0 Å². The SMILES string of the molecule is Cc1noc(C)c1C(=O)N1C[C@@H]2[C@@H](C1)OCC(=O)N2CC1CCCC1. The fourth-order valence-corrected chi connectivity index (χ4v) is 4.49. The maximum absolute atomic E-state index is 12.9. The number of fused-ring (bicyclic) bond motifs is 1. The first-order valence-electron chi connectivity index (χ1n) is 9.18. The summed E-state index contributed by atoms with van der Waals surface area (Å²) in [6.07, 6.45) is 4.82. The van der Waals surface area contributed by atoms with Crippen molar-refractivity contribution in [3.63, 3.8) is 0 Å². The van der Waals surface area contributed by atoms with E-state index in [1.54, 1.807) is 18.7 Å². The van der Waals surface area contributed by atoms with Gasteiger partial charge in [0.05, 0.1) is 17.8 Å². The van der Waals surface area contributed by atoms with E-state index in [4.69, 9.17) is 9.26 Å². The van der Waals surface area contributed by atoms with Crippen molar-refractivity contribution in [2.24, 2.45) is 5.92 Å². The summed E-state index contributed by atoms with van der Waals surface area (Å²) in [6.45, 7) is 5.49. The first kappa shape index (κ1) is 16.6. The van der Waals surface area contributed by atoms with Crippen LogP contribution in [-0.4, -0.2) is 65.2 Å². The lowest BCUT2D eigenvalue weighted by atomic mass is 10.0. The van der Waals surface area contributed by atoms with Gasteiger partial charge in [0.25, 0.3) is 5.91 Å². The molecule has 2 atom stereocenters. The number of likely N-dealkylation sites (tertiary alicyclic amines) is 1. The molecule has 136 valence electrons. The fraction of sp³-hybridized carbons (Fsp3) is 0.722. The van der Waals surface area contributed by atoms with Crippen LogP contribution in [0.3, 0.4) is 0 Å². The number of morpholine rings is 1. The maximum atomic E-state index is 12.9. The van der Waals surface area contributed by atoms with Crippen molar-refractivity contribution in [1.82, 2.24) is 15.0 Å². The van der Waals surface area contributed by atoms with Crippen molar-refractivity contribution in [2.45, 2.75) is 51.7 Å². The highest BCUT2D eigenvalue weighted by atomic mass is 16.5. The molecule has 2 saturated heterocycles. The number of ether oxygens (including phenoxy) is 1. The Morgan fingerprint density at radius 1 is 1.24 bits per heavy atom. The van der Waals surface area contributed by atoms with E-state index in [0.29, 0.717) is 36.0 Å². The first-order valence-corrected chi connectivity index (χ1v) is 9.18. The molecule has 2 aliphatic heterocycles. The Hall–Kier alpha value is -1.89. The number of hydrogen-bond donors (Lipinski definition) is 0. The lowest BCUT2D eigenvalue weighted by Gasteiger charge is -2.38. The van der Waals surface area contributed by atoms with E-state index in [1.165, 1.54) is 25.7 Å². The molecular formula is C18H25N3O4. The molecule has 3 fully saturated rings. The van der Waals surface area contributed by atoms with Gasteiger partial charge in [-0.05, 0) is 32.6 Å². The van der Waals surface area contributed by atoms with Crippen LogP contribution < -0.4 is 0 Å². The molecule has 3 aliphatic rings. The molecule has 2 amide bonds. The third-order valence-electron chi connectivity index (χ3n) is 5.84. The largest absolute Gasteiger partial charge is 0.364 e. The van der Waals surface area contributed by atoms with Crippen LogP contribution in [0.15, 0.2) is 4.52 Å². The van der Waals surface area contributed by atoms with Crippen LogP contribution in [0.5, 0.6) is 0 Å². The Bertz CT molecular complexity index is 660. The zero-order chi connectivity index (χ0) is 17.6. The molecule has 3 heterocycles. The summed E-state index contributed by atoms with van der Waals surface area (Å²) in [6, 6.07) is -0.0359. The van der Waals surface area contributed by atoms with E-state index in [2.05, 4.69) is 5.16 Å². The highest BCUT2D eigenvalue weighted by Crippen LogP contribution is 2.31. The minimum atomic E-state index is -0.0940. The van der Waals surface area contributed by atoms with Crippen LogP contribution in [0.25, 0.3) is 0 Å². The van der Waals surface area contributed by atoms with Gasteiger partial charge in [0.15, 0.2) is 0 Å². The fourth-order valence-electron chi connectivity index (χ4n) is 4.49. The van der Waals surface area contributed by atoms with E-state index < -0.39 is 0 Å². The van der Waals surface area contributed by atoms with Crippen LogP contribution in [0.4, 0.5) is 0 Å². The minimum absolute atomic E-state index is 0.0359. The van der Waals surface area contributed by atoms with Crippen LogP contribution >= 0.6 is 0 Å². The van der Waals surface area contributed by atoms with Gasteiger partial charge in [0.2, 0.25) is 5.91 Å². The molecule has 7 nitrogen and oxygen atoms in total. The summed E-state index contributed by atoms with van der Waals surface area (Å²) >= 11 is 0. The predicted molar refractivity (Wildman–Crippen MR) is 89.1 cm³/mol. The van der Waals surface area contributed by atoms with Crippen molar-refractivity contribution in [1.29, 1.82) is 0 Å². The summed E-state index contributed by atoms with van der Waals surface area (Å²) in [4.78, 5) is 29.1. The van der Waals surface area contributed by atoms with Crippen molar-refractivity contribution in [3.05, 3.63) is 17.0 Å². The Morgan fingerprint density at radius 3 is 2.68 bits per heavy atom. The molecule has 0 N–H and O–H groups in total. The molecule has 0 unspecified atom stereocenters. The van der Waals surface area contributed by atoms with Gasteiger partial charge in [-0.25, -0.2) is 0 Å². The van der Waals surface area contributed by atoms with E-state index in [-0.39, 0.29) is 30.6 Å². The zero-order valence-corrected chi connectivity index (χ0v) is 14.9. The smallest absolute Gasteiger partial charge is 0.259 e. The number of aryl methyl sites for hydroxylation is 2. The van der Waals surface area contributed by atoms with Gasteiger partial charge in [-0.1, -0.05) is 18.0 Å². The van der Waals surface area contributed by atoms with Crippen molar-refractivity contribution < 1.29 is 18.8 Å². The van der Waals surface area contributed by atoms with Crippen LogP contribution in [0.2, 0.25) is 0 Å². The van der Waals surface area contributed by atoms with Crippen LogP contribution in [0.1, 0.15) is 47.5 Å². The molecule has 1 saturated carbocycles. The first-order chi connectivity index (χ1) is 12.0. The molecule has 7 heteroatoms. The molecule has 4 rings (SSSR count). The number of nitrogens with zero attached hydrogens (tertiary/aromatic N) is 3. The number of rotatable bonds is 3. The van der Waals surface area contributed by atoms with Crippen molar-refractivity contribution in [3.8, 4) is 0 Å². The van der Waals surface area contributed by atoms with E-state index in [1.807, 2.05) is 4.90 Å². The average Bonchev–Trinajstić information content (AvgIpc) is 3.30. The van der Waals surface area contributed by atoms with E-state index in [9.17, 15) is 9.59 Å². The summed E-state index contributed by atoms with van der Waals surface area (Å²) in [7, 11) is 0. The van der Waals surface area contributed by atoms with Crippen molar-refractivity contribution >= 4 is 11.8 Å².